The summed E-state index contributed by atoms with van der Waals surface area (Å²) in [5.74, 6) is 6.88. The molecule has 0 spiro atoms. The van der Waals surface area contributed by atoms with Gasteiger partial charge in [-0.05, 0) is 24.1 Å². The molecule has 0 radical (unpaired) electrons. The van der Waals surface area contributed by atoms with Gasteiger partial charge in [0.2, 0.25) is 0 Å². The van der Waals surface area contributed by atoms with E-state index >= 15 is 0 Å². The van der Waals surface area contributed by atoms with Gasteiger partial charge in [0.25, 0.3) is 0 Å². The average Bonchev–Trinajstić information content (AvgIpc) is 2.19. The lowest BCUT2D eigenvalue weighted by molar-refractivity contribution is 0.990. The predicted octanol–water partition coefficient (Wildman–Crippen LogP) is 2.65. The minimum Gasteiger partial charge on any atom is -0.265 e. The van der Waals surface area contributed by atoms with Gasteiger partial charge in [-0.3, -0.25) is 4.98 Å². The molecule has 0 N–H and O–H groups in total. The van der Waals surface area contributed by atoms with E-state index in [1.165, 1.54) is 5.56 Å². The van der Waals surface area contributed by atoms with Crippen LogP contribution in [0.1, 0.15) is 18.4 Å². The van der Waals surface area contributed by atoms with Crippen LogP contribution < -0.4 is 0 Å². The average molecular weight is 194 g/mol. The molecule has 2 heteroatoms. The van der Waals surface area contributed by atoms with Crippen LogP contribution in [0.25, 0.3) is 0 Å². The second kappa shape index (κ2) is 6.51. The molecule has 1 heterocycles. The van der Waals surface area contributed by atoms with Crippen LogP contribution in [0.4, 0.5) is 0 Å². The number of hydrogen-bond donors (Lipinski definition) is 0. The highest BCUT2D eigenvalue weighted by Gasteiger charge is 1.85. The Hall–Kier alpha value is -1.00. The molecule has 1 aromatic rings. The monoisotopic (exact) mass is 193 g/mol. The third-order valence-corrected chi connectivity index (χ3v) is 1.87. The predicted molar refractivity (Wildman–Crippen MR) is 55.7 cm³/mol. The number of rotatable bonds is 3. The van der Waals surface area contributed by atoms with E-state index in [0.29, 0.717) is 5.88 Å². The Morgan fingerprint density at radius 1 is 1.23 bits per heavy atom. The normalized spacial score (nSPS) is 9.00. The molecule has 1 rings (SSSR count). The van der Waals surface area contributed by atoms with Crippen molar-refractivity contribution in [1.29, 1.82) is 0 Å². The van der Waals surface area contributed by atoms with E-state index in [1.54, 1.807) is 12.4 Å². The second-order valence-corrected chi connectivity index (χ2v) is 3.06. The standard InChI is InChI=1S/C11H12ClN/c12-8-4-2-1-3-5-11-6-9-13-10-7-11/h6-7,9-10H,2,4-5,8H2. The molecular formula is C11H12ClN. The minimum absolute atomic E-state index is 0.698. The van der Waals surface area contributed by atoms with Crippen LogP contribution in [0.15, 0.2) is 24.5 Å². The van der Waals surface area contributed by atoms with Gasteiger partial charge < -0.3 is 0 Å². The van der Waals surface area contributed by atoms with Gasteiger partial charge in [0.1, 0.15) is 0 Å². The number of unbranched alkanes of at least 4 members (excludes halogenated alkanes) is 1. The second-order valence-electron chi connectivity index (χ2n) is 2.68. The van der Waals surface area contributed by atoms with Crippen molar-refractivity contribution in [3.8, 4) is 11.8 Å². The van der Waals surface area contributed by atoms with E-state index < -0.39 is 0 Å². The molecule has 0 aliphatic heterocycles. The molecule has 68 valence electrons. The van der Waals surface area contributed by atoms with Crippen LogP contribution in [0, 0.1) is 11.8 Å². The third kappa shape index (κ3) is 4.55. The van der Waals surface area contributed by atoms with E-state index in [4.69, 9.17) is 11.6 Å². The number of aromatic nitrogens is 1. The highest BCUT2D eigenvalue weighted by atomic mass is 35.5. The fraction of sp³-hybridized carbons (Fsp3) is 0.364. The lowest BCUT2D eigenvalue weighted by Crippen LogP contribution is -1.81. The van der Waals surface area contributed by atoms with Crippen LogP contribution in [-0.4, -0.2) is 10.9 Å². The van der Waals surface area contributed by atoms with Gasteiger partial charge in [0.05, 0.1) is 0 Å². The molecule has 0 amide bonds. The van der Waals surface area contributed by atoms with Crippen LogP contribution in [0.2, 0.25) is 0 Å². The molecule has 0 aliphatic rings. The van der Waals surface area contributed by atoms with Crippen LogP contribution >= 0.6 is 11.6 Å². The van der Waals surface area contributed by atoms with Crippen LogP contribution in [-0.2, 0) is 6.42 Å². The van der Waals surface area contributed by atoms with Gasteiger partial charge in [-0.15, -0.1) is 17.5 Å². The maximum absolute atomic E-state index is 5.52. The van der Waals surface area contributed by atoms with Crippen molar-refractivity contribution in [3.63, 3.8) is 0 Å². The smallest absolute Gasteiger partial charge is 0.0341 e. The Morgan fingerprint density at radius 3 is 2.69 bits per heavy atom. The first kappa shape index (κ1) is 10.1. The Morgan fingerprint density at radius 2 is 2.00 bits per heavy atom. The Bertz CT molecular complexity index is 284. The molecule has 0 saturated carbocycles. The van der Waals surface area contributed by atoms with Crippen LogP contribution in [0.5, 0.6) is 0 Å². The van der Waals surface area contributed by atoms with Gasteiger partial charge in [0, 0.05) is 31.1 Å². The van der Waals surface area contributed by atoms with Gasteiger partial charge in [0.15, 0.2) is 0 Å². The summed E-state index contributed by atoms with van der Waals surface area (Å²) < 4.78 is 0. The fourth-order valence-corrected chi connectivity index (χ4v) is 1.04. The van der Waals surface area contributed by atoms with E-state index in [2.05, 4.69) is 16.8 Å². The van der Waals surface area contributed by atoms with Crippen LogP contribution in [0.3, 0.4) is 0 Å². The Kier molecular flexibility index (Phi) is 5.05. The van der Waals surface area contributed by atoms with Gasteiger partial charge in [-0.1, -0.05) is 5.92 Å². The Balaban J connectivity index is 2.29. The van der Waals surface area contributed by atoms with E-state index in [1.807, 2.05) is 12.1 Å². The molecule has 0 unspecified atom stereocenters. The summed E-state index contributed by atoms with van der Waals surface area (Å²) in [6.07, 6.45) is 6.26. The summed E-state index contributed by atoms with van der Waals surface area (Å²) in [4.78, 5) is 3.94. The Labute approximate surface area is 84.1 Å². The first-order chi connectivity index (χ1) is 6.43. The van der Waals surface area contributed by atoms with Crippen molar-refractivity contribution < 1.29 is 0 Å². The van der Waals surface area contributed by atoms with Gasteiger partial charge in [-0.2, -0.15) is 0 Å². The van der Waals surface area contributed by atoms with Crippen molar-refractivity contribution in [3.05, 3.63) is 30.1 Å². The van der Waals surface area contributed by atoms with Gasteiger partial charge >= 0.3 is 0 Å². The molecule has 1 nitrogen and oxygen atoms in total. The minimum atomic E-state index is 0.698. The first-order valence-corrected chi connectivity index (χ1v) is 4.87. The van der Waals surface area contributed by atoms with E-state index in [9.17, 15) is 0 Å². The molecule has 0 saturated heterocycles. The number of halogens is 1. The number of nitrogens with zero attached hydrogens (tertiary/aromatic N) is 1. The molecule has 0 bridgehead atoms. The maximum Gasteiger partial charge on any atom is 0.0341 e. The van der Waals surface area contributed by atoms with Crippen molar-refractivity contribution in [2.24, 2.45) is 0 Å². The van der Waals surface area contributed by atoms with Gasteiger partial charge in [-0.25, -0.2) is 0 Å². The largest absolute Gasteiger partial charge is 0.265 e. The highest BCUT2D eigenvalue weighted by Crippen LogP contribution is 1.96. The molecule has 0 fully saturated rings. The van der Waals surface area contributed by atoms with E-state index in [0.717, 1.165) is 19.3 Å². The van der Waals surface area contributed by atoms with E-state index in [-0.39, 0.29) is 0 Å². The molecule has 0 aromatic carbocycles. The summed E-state index contributed by atoms with van der Waals surface area (Å²) in [5, 5.41) is 0. The van der Waals surface area contributed by atoms with Crippen molar-refractivity contribution in [2.75, 3.05) is 5.88 Å². The summed E-state index contributed by atoms with van der Waals surface area (Å²) in [6, 6.07) is 3.96. The SMILES string of the molecule is ClCCCC#CCc1ccncc1. The van der Waals surface area contributed by atoms with Crippen molar-refractivity contribution in [2.45, 2.75) is 19.3 Å². The molecule has 1 aromatic heterocycles. The van der Waals surface area contributed by atoms with Crippen molar-refractivity contribution in [1.82, 2.24) is 4.98 Å². The number of hydrogen-bond acceptors (Lipinski definition) is 1. The lowest BCUT2D eigenvalue weighted by Gasteiger charge is -1.90. The highest BCUT2D eigenvalue weighted by molar-refractivity contribution is 6.17. The quantitative estimate of drug-likeness (QED) is 0.409. The summed E-state index contributed by atoms with van der Waals surface area (Å²) in [6.45, 7) is 0. The fourth-order valence-electron chi connectivity index (χ4n) is 0.909. The number of pyridine rings is 1. The maximum atomic E-state index is 5.52. The zero-order valence-corrected chi connectivity index (χ0v) is 8.22. The third-order valence-electron chi connectivity index (χ3n) is 1.60. The molecule has 13 heavy (non-hydrogen) atoms. The number of alkyl halides is 1. The topological polar surface area (TPSA) is 12.9 Å². The zero-order chi connectivity index (χ0) is 9.36. The molecular weight excluding hydrogens is 182 g/mol. The lowest BCUT2D eigenvalue weighted by atomic mass is 10.2. The zero-order valence-electron chi connectivity index (χ0n) is 7.46. The molecule has 0 aliphatic carbocycles. The first-order valence-electron chi connectivity index (χ1n) is 4.34. The summed E-state index contributed by atoms with van der Waals surface area (Å²) in [5.41, 5.74) is 1.22. The molecule has 0 atom stereocenters. The van der Waals surface area contributed by atoms with Crippen molar-refractivity contribution >= 4 is 11.6 Å². The summed E-state index contributed by atoms with van der Waals surface area (Å²) >= 11 is 5.52. The summed E-state index contributed by atoms with van der Waals surface area (Å²) in [7, 11) is 0.